The number of carbonyl (C=O) groups is 1. The molecule has 5 N–H and O–H groups in total. The van der Waals surface area contributed by atoms with E-state index in [-0.39, 0.29) is 5.91 Å². The lowest BCUT2D eigenvalue weighted by atomic mass is 9.99. The first-order valence-corrected chi connectivity index (χ1v) is 10.5. The maximum absolute atomic E-state index is 12.1. The van der Waals surface area contributed by atoms with Gasteiger partial charge in [0.25, 0.3) is 0 Å². The fourth-order valence-corrected chi connectivity index (χ4v) is 3.35. The van der Waals surface area contributed by atoms with Crippen molar-refractivity contribution in [3.63, 3.8) is 0 Å². The highest BCUT2D eigenvalue weighted by Crippen LogP contribution is 2.24. The molecule has 172 valence electrons. The summed E-state index contributed by atoms with van der Waals surface area (Å²) in [4.78, 5) is 12.1. The minimum atomic E-state index is -1.50. The van der Waals surface area contributed by atoms with E-state index in [1.165, 1.54) is 0 Å². The van der Waals surface area contributed by atoms with E-state index in [1.54, 1.807) is 30.3 Å². The number of nitrogens with one attached hydrogen (secondary N) is 1. The second kappa shape index (κ2) is 11.2. The van der Waals surface area contributed by atoms with Crippen molar-refractivity contribution in [2.24, 2.45) is 0 Å². The summed E-state index contributed by atoms with van der Waals surface area (Å²) in [7, 11) is 0. The Balaban J connectivity index is 1.45. The SMILES string of the molecule is C=Cc1ccc(CNC(=O)CCc2ccc(O[C@@H]3O[C@H](CO)[C@@H](O)[C@H](O)[C@@H]3O)cc2)cc1. The monoisotopic (exact) mass is 443 g/mol. The van der Waals surface area contributed by atoms with Gasteiger partial charge in [0.2, 0.25) is 12.2 Å². The predicted octanol–water partition coefficient (Wildman–Crippen LogP) is 0.757. The molecule has 2 aromatic rings. The third kappa shape index (κ3) is 6.15. The van der Waals surface area contributed by atoms with Crippen molar-refractivity contribution in [3.05, 3.63) is 71.8 Å². The van der Waals surface area contributed by atoms with E-state index < -0.39 is 37.3 Å². The van der Waals surface area contributed by atoms with Crippen LogP contribution in [0.2, 0.25) is 0 Å². The van der Waals surface area contributed by atoms with Gasteiger partial charge in [-0.25, -0.2) is 0 Å². The number of hydrogen-bond donors (Lipinski definition) is 5. The van der Waals surface area contributed by atoms with E-state index >= 15 is 0 Å². The van der Waals surface area contributed by atoms with Gasteiger partial charge in [-0.2, -0.15) is 0 Å². The van der Waals surface area contributed by atoms with Crippen molar-refractivity contribution in [1.82, 2.24) is 5.32 Å². The standard InChI is InChI=1S/C24H29NO7/c1-2-15-3-5-17(6-4-15)13-25-20(27)12-9-16-7-10-18(11-8-16)31-24-23(30)22(29)21(28)19(14-26)32-24/h2-8,10-11,19,21-24,26,28-30H,1,9,12-14H2,(H,25,27)/t19-,21-,22+,23+,24-/m1/s1. The van der Waals surface area contributed by atoms with Gasteiger partial charge >= 0.3 is 0 Å². The summed E-state index contributed by atoms with van der Waals surface area (Å²) < 4.78 is 10.9. The van der Waals surface area contributed by atoms with Gasteiger partial charge in [-0.1, -0.05) is 49.1 Å². The van der Waals surface area contributed by atoms with Gasteiger partial charge in [0.15, 0.2) is 0 Å². The lowest BCUT2D eigenvalue weighted by molar-refractivity contribution is -0.277. The number of carbonyl (C=O) groups excluding carboxylic acids is 1. The van der Waals surface area contributed by atoms with Gasteiger partial charge in [-0.05, 0) is 35.2 Å². The van der Waals surface area contributed by atoms with Crippen molar-refractivity contribution < 1.29 is 34.7 Å². The van der Waals surface area contributed by atoms with Gasteiger partial charge in [0.1, 0.15) is 30.2 Å². The Morgan fingerprint density at radius 2 is 1.66 bits per heavy atom. The predicted molar refractivity (Wildman–Crippen MR) is 118 cm³/mol. The molecule has 32 heavy (non-hydrogen) atoms. The van der Waals surface area contributed by atoms with Gasteiger partial charge in [-0.15, -0.1) is 0 Å². The van der Waals surface area contributed by atoms with Crippen molar-refractivity contribution in [2.75, 3.05) is 6.61 Å². The van der Waals surface area contributed by atoms with Gasteiger partial charge in [0.05, 0.1) is 6.61 Å². The van der Waals surface area contributed by atoms with E-state index in [4.69, 9.17) is 9.47 Å². The summed E-state index contributed by atoms with van der Waals surface area (Å²) in [6, 6.07) is 14.7. The molecule has 0 unspecified atom stereocenters. The summed E-state index contributed by atoms with van der Waals surface area (Å²) in [5, 5.41) is 41.9. The Hall–Kier alpha value is -2.75. The first-order chi connectivity index (χ1) is 15.4. The van der Waals surface area contributed by atoms with E-state index in [0.717, 1.165) is 16.7 Å². The molecule has 0 radical (unpaired) electrons. The number of amides is 1. The van der Waals surface area contributed by atoms with E-state index in [2.05, 4.69) is 11.9 Å². The highest BCUT2D eigenvalue weighted by atomic mass is 16.7. The number of aryl methyl sites for hydroxylation is 1. The normalized spacial score (nSPS) is 25.2. The largest absolute Gasteiger partial charge is 0.462 e. The van der Waals surface area contributed by atoms with Crippen LogP contribution in [0.25, 0.3) is 6.08 Å². The van der Waals surface area contributed by atoms with Crippen LogP contribution in [0.5, 0.6) is 5.75 Å². The first-order valence-electron chi connectivity index (χ1n) is 10.5. The van der Waals surface area contributed by atoms with Gasteiger partial charge < -0.3 is 35.2 Å². The zero-order valence-corrected chi connectivity index (χ0v) is 17.6. The van der Waals surface area contributed by atoms with Crippen molar-refractivity contribution in [2.45, 2.75) is 50.1 Å². The molecule has 1 saturated heterocycles. The Bertz CT molecular complexity index is 882. The van der Waals surface area contributed by atoms with Crippen LogP contribution in [0.3, 0.4) is 0 Å². The number of aliphatic hydroxyl groups is 4. The molecule has 0 spiro atoms. The van der Waals surface area contributed by atoms with Crippen LogP contribution < -0.4 is 10.1 Å². The summed E-state index contributed by atoms with van der Waals surface area (Å²) in [5.74, 6) is 0.324. The van der Waals surface area contributed by atoms with Gasteiger partial charge in [0, 0.05) is 13.0 Å². The van der Waals surface area contributed by atoms with E-state index in [0.29, 0.717) is 25.1 Å². The van der Waals surface area contributed by atoms with Crippen LogP contribution in [0.15, 0.2) is 55.1 Å². The van der Waals surface area contributed by atoms with E-state index in [9.17, 15) is 25.2 Å². The fraction of sp³-hybridized carbons (Fsp3) is 0.375. The third-order valence-corrected chi connectivity index (χ3v) is 5.37. The maximum atomic E-state index is 12.1. The molecule has 0 bridgehead atoms. The molecule has 5 atom stereocenters. The Morgan fingerprint density at radius 1 is 1.00 bits per heavy atom. The average Bonchev–Trinajstić information content (AvgIpc) is 2.82. The molecule has 3 rings (SSSR count). The second-order valence-corrected chi connectivity index (χ2v) is 7.68. The highest BCUT2D eigenvalue weighted by Gasteiger charge is 2.44. The number of aliphatic hydroxyl groups excluding tert-OH is 4. The summed E-state index contributed by atoms with van der Waals surface area (Å²) in [6.07, 6.45) is -4.02. The molecular weight excluding hydrogens is 414 g/mol. The van der Waals surface area contributed by atoms with Crippen molar-refractivity contribution >= 4 is 12.0 Å². The summed E-state index contributed by atoms with van der Waals surface area (Å²) in [5.41, 5.74) is 2.97. The van der Waals surface area contributed by atoms with Crippen LogP contribution in [-0.4, -0.2) is 63.6 Å². The number of ether oxygens (including phenoxy) is 2. The maximum Gasteiger partial charge on any atom is 0.229 e. The molecule has 1 aliphatic heterocycles. The van der Waals surface area contributed by atoms with Crippen LogP contribution >= 0.6 is 0 Å². The lowest BCUT2D eigenvalue weighted by Crippen LogP contribution is -2.60. The molecule has 0 aromatic heterocycles. The van der Waals surface area contributed by atoms with Crippen LogP contribution in [-0.2, 0) is 22.5 Å². The molecule has 2 aromatic carbocycles. The van der Waals surface area contributed by atoms with Crippen molar-refractivity contribution in [3.8, 4) is 5.75 Å². The highest BCUT2D eigenvalue weighted by molar-refractivity contribution is 5.76. The zero-order chi connectivity index (χ0) is 23.1. The number of benzene rings is 2. The third-order valence-electron chi connectivity index (χ3n) is 5.37. The Labute approximate surface area is 186 Å². The van der Waals surface area contributed by atoms with Crippen molar-refractivity contribution in [1.29, 1.82) is 0 Å². The second-order valence-electron chi connectivity index (χ2n) is 7.68. The smallest absolute Gasteiger partial charge is 0.229 e. The van der Waals surface area contributed by atoms with Gasteiger partial charge in [-0.3, -0.25) is 4.79 Å². The van der Waals surface area contributed by atoms with E-state index in [1.807, 2.05) is 24.3 Å². The molecule has 8 heteroatoms. The molecule has 0 saturated carbocycles. The average molecular weight is 443 g/mol. The summed E-state index contributed by atoms with van der Waals surface area (Å²) >= 11 is 0. The fourth-order valence-electron chi connectivity index (χ4n) is 3.35. The molecule has 1 amide bonds. The summed E-state index contributed by atoms with van der Waals surface area (Å²) in [6.45, 7) is 3.65. The molecule has 1 aliphatic rings. The molecule has 1 fully saturated rings. The number of rotatable bonds is 9. The molecule has 1 heterocycles. The minimum absolute atomic E-state index is 0.0561. The first kappa shape index (κ1) is 23.9. The zero-order valence-electron chi connectivity index (χ0n) is 17.6. The van der Waals surface area contributed by atoms with Crippen LogP contribution in [0.1, 0.15) is 23.1 Å². The minimum Gasteiger partial charge on any atom is -0.462 e. The quantitative estimate of drug-likeness (QED) is 0.387. The van der Waals surface area contributed by atoms with Crippen LogP contribution in [0.4, 0.5) is 0 Å². The molecule has 0 aliphatic carbocycles. The van der Waals surface area contributed by atoms with Crippen LogP contribution in [0, 0.1) is 0 Å². The molecular formula is C24H29NO7. The Kier molecular flexibility index (Phi) is 8.38. The topological polar surface area (TPSA) is 128 Å². The molecule has 8 nitrogen and oxygen atoms in total. The number of hydrogen-bond acceptors (Lipinski definition) is 7. The lowest BCUT2D eigenvalue weighted by Gasteiger charge is -2.39. The Morgan fingerprint density at radius 3 is 2.28 bits per heavy atom.